The lowest BCUT2D eigenvalue weighted by molar-refractivity contribution is 0.260. The molecule has 6 heteroatoms. The highest BCUT2D eigenvalue weighted by atomic mass is 32.2. The van der Waals surface area contributed by atoms with E-state index in [1.54, 1.807) is 11.3 Å². The Balaban J connectivity index is 2.18. The first-order valence-corrected chi connectivity index (χ1v) is 9.15. The third-order valence-corrected chi connectivity index (χ3v) is 5.90. The van der Waals surface area contributed by atoms with Crippen LogP contribution in [0.1, 0.15) is 38.1 Å². The summed E-state index contributed by atoms with van der Waals surface area (Å²) in [4.78, 5) is 5.41. The van der Waals surface area contributed by atoms with Crippen molar-refractivity contribution in [2.75, 3.05) is 6.61 Å². The summed E-state index contributed by atoms with van der Waals surface area (Å²) in [6, 6.07) is 7.61. The van der Waals surface area contributed by atoms with Crippen molar-refractivity contribution in [2.45, 2.75) is 38.5 Å². The van der Waals surface area contributed by atoms with Gasteiger partial charge in [-0.05, 0) is 38.8 Å². The van der Waals surface area contributed by atoms with Gasteiger partial charge in [0.1, 0.15) is 0 Å². The molecular weight excluding hydrogens is 316 g/mol. The second kappa shape index (κ2) is 7.00. The van der Waals surface area contributed by atoms with Gasteiger partial charge in [0.15, 0.2) is 0 Å². The molecule has 4 nitrogen and oxygen atoms in total. The fourth-order valence-corrected chi connectivity index (χ4v) is 3.60. The van der Waals surface area contributed by atoms with Gasteiger partial charge >= 0.3 is 0 Å². The quantitative estimate of drug-likeness (QED) is 0.880. The number of hydrogen-bond donors (Lipinski definition) is 2. The Labute approximate surface area is 138 Å². The number of nitrogens with one attached hydrogen (secondary N) is 1. The highest BCUT2D eigenvalue weighted by Crippen LogP contribution is 2.28. The van der Waals surface area contributed by atoms with Crippen LogP contribution < -0.4 is 4.72 Å². The van der Waals surface area contributed by atoms with Crippen LogP contribution in [-0.2, 0) is 11.0 Å². The van der Waals surface area contributed by atoms with E-state index in [1.165, 1.54) is 0 Å². The van der Waals surface area contributed by atoms with E-state index in [-0.39, 0.29) is 17.4 Å². The van der Waals surface area contributed by atoms with Crippen molar-refractivity contribution in [2.24, 2.45) is 0 Å². The smallest absolute Gasteiger partial charge is 0.0976 e. The third-order valence-electron chi connectivity index (χ3n) is 3.31. The van der Waals surface area contributed by atoms with Crippen molar-refractivity contribution < 1.29 is 9.32 Å². The standard InChI is InChI=1S/C16H22N2O2S2/c1-11-15(21-10-17-11)13-7-5-12(6-8-13)14(9-19)18-22(20)16(2,3)4/h5-8,10,14,18-19H,9H2,1-4H3/t14-,22-/m0/s1. The minimum atomic E-state index is -1.22. The molecule has 0 unspecified atom stereocenters. The van der Waals surface area contributed by atoms with E-state index in [1.807, 2.05) is 57.5 Å². The van der Waals surface area contributed by atoms with E-state index in [4.69, 9.17) is 0 Å². The van der Waals surface area contributed by atoms with Gasteiger partial charge < -0.3 is 5.11 Å². The molecule has 0 spiro atoms. The predicted octanol–water partition coefficient (Wildman–Crippen LogP) is 3.20. The molecule has 0 aliphatic rings. The molecule has 0 fully saturated rings. The molecule has 2 aromatic rings. The van der Waals surface area contributed by atoms with Gasteiger partial charge in [0.25, 0.3) is 0 Å². The highest BCUT2D eigenvalue weighted by Gasteiger charge is 2.23. The first-order valence-electron chi connectivity index (χ1n) is 7.12. The zero-order valence-electron chi connectivity index (χ0n) is 13.3. The summed E-state index contributed by atoms with van der Waals surface area (Å²) in [5.41, 5.74) is 4.88. The number of hydrogen-bond acceptors (Lipinski definition) is 4. The summed E-state index contributed by atoms with van der Waals surface area (Å²) >= 11 is 1.61. The largest absolute Gasteiger partial charge is 0.394 e. The number of nitrogens with zero attached hydrogens (tertiary/aromatic N) is 1. The summed E-state index contributed by atoms with van der Waals surface area (Å²) in [5, 5.41) is 9.59. The molecule has 22 heavy (non-hydrogen) atoms. The highest BCUT2D eigenvalue weighted by molar-refractivity contribution is 7.84. The molecule has 120 valence electrons. The van der Waals surface area contributed by atoms with Gasteiger partial charge in [0, 0.05) is 0 Å². The lowest BCUT2D eigenvalue weighted by Crippen LogP contribution is -2.37. The Hall–Kier alpha value is -1.08. The fourth-order valence-electron chi connectivity index (χ4n) is 1.96. The number of aliphatic hydroxyl groups is 1. The van der Waals surface area contributed by atoms with E-state index < -0.39 is 11.0 Å². The fraction of sp³-hybridized carbons (Fsp3) is 0.438. The molecule has 2 atom stereocenters. The third kappa shape index (κ3) is 4.01. The first-order chi connectivity index (χ1) is 10.3. The van der Waals surface area contributed by atoms with E-state index in [0.717, 1.165) is 21.7 Å². The number of aromatic nitrogens is 1. The number of benzene rings is 1. The second-order valence-electron chi connectivity index (χ2n) is 6.12. The molecule has 0 saturated heterocycles. The molecule has 1 heterocycles. The summed E-state index contributed by atoms with van der Waals surface area (Å²) < 4.78 is 14.8. The van der Waals surface area contributed by atoms with Crippen LogP contribution >= 0.6 is 11.3 Å². The van der Waals surface area contributed by atoms with Crippen molar-refractivity contribution in [3.8, 4) is 10.4 Å². The SMILES string of the molecule is Cc1ncsc1-c1ccc([C@H](CO)N[S@@](=O)C(C)(C)C)cc1. The van der Waals surface area contributed by atoms with Crippen LogP contribution in [0.4, 0.5) is 0 Å². The van der Waals surface area contributed by atoms with Gasteiger partial charge in [-0.2, -0.15) is 0 Å². The van der Waals surface area contributed by atoms with Gasteiger partial charge in [-0.25, -0.2) is 13.9 Å². The number of aliphatic hydroxyl groups excluding tert-OH is 1. The Morgan fingerprint density at radius 3 is 2.41 bits per heavy atom. The molecular formula is C16H22N2O2S2. The molecule has 2 rings (SSSR count). The van der Waals surface area contributed by atoms with Crippen molar-refractivity contribution >= 4 is 22.3 Å². The molecule has 0 aliphatic heterocycles. The predicted molar refractivity (Wildman–Crippen MR) is 93.1 cm³/mol. The van der Waals surface area contributed by atoms with Crippen molar-refractivity contribution in [1.82, 2.24) is 9.71 Å². The molecule has 0 bridgehead atoms. The van der Waals surface area contributed by atoms with Gasteiger partial charge in [0.05, 0.1) is 44.5 Å². The van der Waals surface area contributed by atoms with Crippen LogP contribution in [0.15, 0.2) is 29.8 Å². The van der Waals surface area contributed by atoms with E-state index in [9.17, 15) is 9.32 Å². The molecule has 0 aliphatic carbocycles. The summed E-state index contributed by atoms with van der Waals surface area (Å²) in [6.45, 7) is 7.60. The second-order valence-corrected chi connectivity index (χ2v) is 8.98. The van der Waals surface area contributed by atoms with Crippen molar-refractivity contribution in [1.29, 1.82) is 0 Å². The van der Waals surface area contributed by atoms with E-state index in [0.29, 0.717) is 0 Å². The Kier molecular flexibility index (Phi) is 5.50. The Morgan fingerprint density at radius 2 is 1.95 bits per heavy atom. The lowest BCUT2D eigenvalue weighted by atomic mass is 10.0. The Bertz CT molecular complexity index is 645. The number of aryl methyl sites for hydroxylation is 1. The molecule has 0 saturated carbocycles. The number of thiazole rings is 1. The average molecular weight is 338 g/mol. The maximum atomic E-state index is 12.2. The summed E-state index contributed by atoms with van der Waals surface area (Å²) in [7, 11) is -1.22. The van der Waals surface area contributed by atoms with E-state index >= 15 is 0 Å². The van der Waals surface area contributed by atoms with Crippen LogP contribution in [0.5, 0.6) is 0 Å². The first kappa shape index (κ1) is 17.3. The average Bonchev–Trinajstić information content (AvgIpc) is 2.90. The van der Waals surface area contributed by atoms with Gasteiger partial charge in [-0.15, -0.1) is 11.3 Å². The van der Waals surface area contributed by atoms with Crippen LogP contribution in [0.2, 0.25) is 0 Å². The summed E-state index contributed by atoms with van der Waals surface area (Å²) in [6.07, 6.45) is 0. The minimum Gasteiger partial charge on any atom is -0.394 e. The van der Waals surface area contributed by atoms with Crippen LogP contribution in [-0.4, -0.2) is 25.7 Å². The van der Waals surface area contributed by atoms with Gasteiger partial charge in [-0.3, -0.25) is 0 Å². The molecule has 0 radical (unpaired) electrons. The number of rotatable bonds is 5. The van der Waals surface area contributed by atoms with E-state index in [2.05, 4.69) is 9.71 Å². The zero-order chi connectivity index (χ0) is 16.3. The lowest BCUT2D eigenvalue weighted by Gasteiger charge is -2.23. The normalized spacial score (nSPS) is 14.8. The van der Waals surface area contributed by atoms with Crippen molar-refractivity contribution in [3.63, 3.8) is 0 Å². The molecule has 1 aromatic heterocycles. The summed E-state index contributed by atoms with van der Waals surface area (Å²) in [5.74, 6) is 0. The van der Waals surface area contributed by atoms with Crippen LogP contribution in [0.3, 0.4) is 0 Å². The maximum Gasteiger partial charge on any atom is 0.0976 e. The maximum absolute atomic E-state index is 12.2. The van der Waals surface area contributed by atoms with Crippen LogP contribution in [0, 0.1) is 6.92 Å². The molecule has 1 aromatic carbocycles. The molecule has 2 N–H and O–H groups in total. The minimum absolute atomic E-state index is 0.0965. The Morgan fingerprint density at radius 1 is 1.32 bits per heavy atom. The topological polar surface area (TPSA) is 62.2 Å². The molecule has 0 amide bonds. The van der Waals surface area contributed by atoms with Crippen LogP contribution in [0.25, 0.3) is 10.4 Å². The van der Waals surface area contributed by atoms with Crippen molar-refractivity contribution in [3.05, 3.63) is 41.0 Å². The zero-order valence-corrected chi connectivity index (χ0v) is 14.9. The monoisotopic (exact) mass is 338 g/mol. The van der Waals surface area contributed by atoms with Gasteiger partial charge in [-0.1, -0.05) is 24.3 Å². The van der Waals surface area contributed by atoms with Gasteiger partial charge in [0.2, 0.25) is 0 Å².